The van der Waals surface area contributed by atoms with Crippen LogP contribution in [0.25, 0.3) is 11.0 Å². The number of carboxylic acids is 1. The first-order valence-electron chi connectivity index (χ1n) is 9.91. The number of ether oxygens (including phenoxy) is 1. The molecule has 5 nitrogen and oxygen atoms in total. The normalized spacial score (nSPS) is 24.2. The van der Waals surface area contributed by atoms with Crippen molar-refractivity contribution in [1.82, 2.24) is 0 Å². The molecule has 1 aliphatic rings. The summed E-state index contributed by atoms with van der Waals surface area (Å²) >= 11 is 0. The van der Waals surface area contributed by atoms with Gasteiger partial charge in [-0.3, -0.25) is 4.79 Å². The van der Waals surface area contributed by atoms with Crippen LogP contribution in [0.1, 0.15) is 40.0 Å². The molecule has 3 rings (SSSR count). The molecule has 3 atom stereocenters. The zero-order valence-corrected chi connectivity index (χ0v) is 17.2. The van der Waals surface area contributed by atoms with Crippen LogP contribution in [-0.2, 0) is 4.79 Å². The van der Waals surface area contributed by atoms with E-state index in [2.05, 4.69) is 26.5 Å². The molecule has 0 fully saturated rings. The van der Waals surface area contributed by atoms with Gasteiger partial charge in [0.1, 0.15) is 11.3 Å². The number of carboxylic acid groups (broad SMARTS) is 1. The Balaban J connectivity index is 1.86. The van der Waals surface area contributed by atoms with Gasteiger partial charge in [0, 0.05) is 29.9 Å². The second-order valence-corrected chi connectivity index (χ2v) is 8.30. The Bertz CT molecular complexity index is 1020. The third kappa shape index (κ3) is 4.44. The Morgan fingerprint density at radius 2 is 2.07 bits per heavy atom. The van der Waals surface area contributed by atoms with Crippen LogP contribution in [0.15, 0.2) is 63.3 Å². The van der Waals surface area contributed by atoms with Crippen molar-refractivity contribution in [3.05, 3.63) is 64.6 Å². The molecule has 1 N–H and O–H groups in total. The van der Waals surface area contributed by atoms with Gasteiger partial charge in [-0.25, -0.2) is 4.79 Å². The van der Waals surface area contributed by atoms with Crippen molar-refractivity contribution in [2.45, 2.75) is 40.0 Å². The van der Waals surface area contributed by atoms with Crippen molar-refractivity contribution in [1.29, 1.82) is 0 Å². The zero-order chi connectivity index (χ0) is 21.2. The topological polar surface area (TPSA) is 76.7 Å². The van der Waals surface area contributed by atoms with Gasteiger partial charge in [-0.2, -0.15) is 0 Å². The lowest BCUT2D eigenvalue weighted by Gasteiger charge is -2.47. The van der Waals surface area contributed by atoms with E-state index in [0.717, 1.165) is 17.4 Å². The van der Waals surface area contributed by atoms with Gasteiger partial charge < -0.3 is 14.3 Å². The molecule has 0 saturated heterocycles. The third-order valence-electron chi connectivity index (χ3n) is 6.30. The lowest BCUT2D eigenvalue weighted by Crippen LogP contribution is -2.42. The lowest BCUT2D eigenvalue weighted by molar-refractivity contribution is -0.138. The number of hydrogen-bond donors (Lipinski definition) is 1. The van der Waals surface area contributed by atoms with E-state index >= 15 is 0 Å². The third-order valence-corrected chi connectivity index (χ3v) is 6.30. The minimum absolute atomic E-state index is 0.0655. The van der Waals surface area contributed by atoms with E-state index in [0.29, 0.717) is 24.4 Å². The highest BCUT2D eigenvalue weighted by Gasteiger charge is 2.44. The summed E-state index contributed by atoms with van der Waals surface area (Å²) in [5.74, 6) is 0.102. The van der Waals surface area contributed by atoms with Crippen LogP contribution in [0.2, 0.25) is 0 Å². The van der Waals surface area contributed by atoms with E-state index in [-0.39, 0.29) is 23.7 Å². The van der Waals surface area contributed by atoms with Gasteiger partial charge in [0.25, 0.3) is 0 Å². The Morgan fingerprint density at radius 3 is 2.76 bits per heavy atom. The number of benzene rings is 1. The second-order valence-electron chi connectivity index (χ2n) is 8.30. The van der Waals surface area contributed by atoms with Crippen molar-refractivity contribution in [3.8, 4) is 5.75 Å². The fraction of sp³-hybridized carbons (Fsp3) is 0.417. The summed E-state index contributed by atoms with van der Waals surface area (Å²) in [5.41, 5.74) is 2.11. The Morgan fingerprint density at radius 1 is 1.34 bits per heavy atom. The maximum Gasteiger partial charge on any atom is 0.336 e. The molecule has 1 aliphatic carbocycles. The molecule has 0 spiro atoms. The first-order chi connectivity index (χ1) is 13.7. The first-order valence-corrected chi connectivity index (χ1v) is 9.91. The maximum atomic E-state index is 11.5. The monoisotopic (exact) mass is 396 g/mol. The largest absolute Gasteiger partial charge is 0.493 e. The number of carbonyl (C=O) groups is 1. The molecule has 0 radical (unpaired) electrons. The summed E-state index contributed by atoms with van der Waals surface area (Å²) < 4.78 is 11.4. The van der Waals surface area contributed by atoms with Gasteiger partial charge in [-0.15, -0.1) is 0 Å². The van der Waals surface area contributed by atoms with E-state index in [9.17, 15) is 14.7 Å². The highest BCUT2D eigenvalue weighted by atomic mass is 16.5. The van der Waals surface area contributed by atoms with Gasteiger partial charge in [-0.1, -0.05) is 30.7 Å². The molecule has 1 aromatic heterocycles. The highest BCUT2D eigenvalue weighted by Crippen LogP contribution is 2.51. The molecule has 0 saturated carbocycles. The van der Waals surface area contributed by atoms with E-state index in [1.54, 1.807) is 12.1 Å². The van der Waals surface area contributed by atoms with Gasteiger partial charge in [0.05, 0.1) is 6.61 Å². The standard InChI is InChI=1S/C24H28O5/c1-15(2)19-9-5-16(3)20(24(19,4)12-11-22(25)26)14-28-18-8-6-17-7-10-23(27)29-21(17)13-18/h5-8,10,13,19-20H,1,9,11-12,14H2,2-4H3,(H,25,26)/t19-,20+,24+/m0/s1. The smallest absolute Gasteiger partial charge is 0.336 e. The van der Waals surface area contributed by atoms with Crippen LogP contribution >= 0.6 is 0 Å². The summed E-state index contributed by atoms with van der Waals surface area (Å²) in [6.45, 7) is 10.8. The lowest BCUT2D eigenvalue weighted by atomic mass is 9.58. The van der Waals surface area contributed by atoms with Crippen LogP contribution in [0.4, 0.5) is 0 Å². The summed E-state index contributed by atoms with van der Waals surface area (Å²) in [6, 6.07) is 8.56. The van der Waals surface area contributed by atoms with Crippen LogP contribution in [0.3, 0.4) is 0 Å². The fourth-order valence-electron chi connectivity index (χ4n) is 4.60. The summed E-state index contributed by atoms with van der Waals surface area (Å²) in [4.78, 5) is 22.8. The molecule has 0 aliphatic heterocycles. The molecule has 154 valence electrons. The highest BCUT2D eigenvalue weighted by molar-refractivity contribution is 5.77. The van der Waals surface area contributed by atoms with Crippen LogP contribution in [-0.4, -0.2) is 17.7 Å². The maximum absolute atomic E-state index is 11.5. The van der Waals surface area contributed by atoms with Gasteiger partial charge >= 0.3 is 11.6 Å². The predicted molar refractivity (Wildman–Crippen MR) is 113 cm³/mol. The molecular weight excluding hydrogens is 368 g/mol. The van der Waals surface area contributed by atoms with Crippen LogP contribution < -0.4 is 10.4 Å². The SMILES string of the molecule is C=C(C)[C@@H]1CC=C(C)[C@@H](COc2ccc3ccc(=O)oc3c2)[C@]1(C)CCC(=O)O. The summed E-state index contributed by atoms with van der Waals surface area (Å²) in [5, 5.41) is 10.1. The van der Waals surface area contributed by atoms with Crippen molar-refractivity contribution in [3.63, 3.8) is 0 Å². The van der Waals surface area contributed by atoms with Gasteiger partial charge in [-0.05, 0) is 56.2 Å². The summed E-state index contributed by atoms with van der Waals surface area (Å²) in [7, 11) is 0. The second kappa shape index (κ2) is 8.27. The van der Waals surface area contributed by atoms with Crippen LogP contribution in [0.5, 0.6) is 5.75 Å². The Hall–Kier alpha value is -2.82. The van der Waals surface area contributed by atoms with E-state index in [1.807, 2.05) is 19.1 Å². The first kappa shape index (κ1) is 20.9. The number of hydrogen-bond acceptors (Lipinski definition) is 4. The predicted octanol–water partition coefficient (Wildman–Crippen LogP) is 5.20. The molecule has 1 aromatic carbocycles. The number of fused-ring (bicyclic) bond motifs is 1. The quantitative estimate of drug-likeness (QED) is 0.514. The number of aliphatic carboxylic acids is 1. The molecule has 5 heteroatoms. The minimum Gasteiger partial charge on any atom is -0.493 e. The van der Waals surface area contributed by atoms with E-state index < -0.39 is 11.6 Å². The fourth-order valence-corrected chi connectivity index (χ4v) is 4.60. The molecule has 1 heterocycles. The van der Waals surface area contributed by atoms with Gasteiger partial charge in [0.2, 0.25) is 0 Å². The molecule has 0 unspecified atom stereocenters. The average Bonchev–Trinajstić information content (AvgIpc) is 2.65. The van der Waals surface area contributed by atoms with Crippen molar-refractivity contribution < 1.29 is 19.1 Å². The molecule has 0 amide bonds. The number of allylic oxidation sites excluding steroid dienone is 2. The molecule has 0 bridgehead atoms. The van der Waals surface area contributed by atoms with Crippen molar-refractivity contribution >= 4 is 16.9 Å². The average molecular weight is 396 g/mol. The van der Waals surface area contributed by atoms with E-state index in [1.165, 1.54) is 11.6 Å². The molecule has 2 aromatic rings. The van der Waals surface area contributed by atoms with E-state index in [4.69, 9.17) is 9.15 Å². The summed E-state index contributed by atoms with van der Waals surface area (Å²) in [6.07, 6.45) is 3.76. The number of rotatable bonds is 7. The van der Waals surface area contributed by atoms with Crippen molar-refractivity contribution in [2.24, 2.45) is 17.3 Å². The van der Waals surface area contributed by atoms with Crippen molar-refractivity contribution in [2.75, 3.05) is 6.61 Å². The Labute approximate surface area is 170 Å². The molecule has 29 heavy (non-hydrogen) atoms. The minimum atomic E-state index is -0.789. The zero-order valence-electron chi connectivity index (χ0n) is 17.2. The van der Waals surface area contributed by atoms with Gasteiger partial charge in [0.15, 0.2) is 0 Å². The van der Waals surface area contributed by atoms with Crippen LogP contribution in [0, 0.1) is 17.3 Å². The Kier molecular flexibility index (Phi) is 5.96. The molecular formula is C24H28O5.